The Balaban J connectivity index is 1.71. The molecule has 0 aliphatic carbocycles. The SMILES string of the molecule is CC(=O)Nc1ccc(NC(=O)c2cc(-c3ccc(Cl)c(Cl)c3)nc3ccccc23)cc1. The van der Waals surface area contributed by atoms with Crippen LogP contribution in [0.4, 0.5) is 11.4 Å². The second-order valence-corrected chi connectivity index (χ2v) is 7.73. The third kappa shape index (κ3) is 4.68. The first-order valence-corrected chi connectivity index (χ1v) is 10.2. The number of amides is 2. The molecule has 2 N–H and O–H groups in total. The Bertz CT molecular complexity index is 1300. The number of hydrogen-bond acceptors (Lipinski definition) is 3. The number of rotatable bonds is 4. The van der Waals surface area contributed by atoms with Crippen molar-refractivity contribution in [3.8, 4) is 11.3 Å². The summed E-state index contributed by atoms with van der Waals surface area (Å²) >= 11 is 12.2. The van der Waals surface area contributed by atoms with E-state index in [1.807, 2.05) is 30.3 Å². The Kier molecular flexibility index (Phi) is 5.89. The molecule has 5 nitrogen and oxygen atoms in total. The minimum atomic E-state index is -0.271. The van der Waals surface area contributed by atoms with Gasteiger partial charge in [0.2, 0.25) is 5.91 Å². The van der Waals surface area contributed by atoms with Gasteiger partial charge in [-0.1, -0.05) is 47.5 Å². The van der Waals surface area contributed by atoms with E-state index < -0.39 is 0 Å². The molecule has 1 heterocycles. The zero-order valence-electron chi connectivity index (χ0n) is 16.4. The van der Waals surface area contributed by atoms with Crippen molar-refractivity contribution in [1.82, 2.24) is 4.98 Å². The molecule has 0 fully saturated rings. The van der Waals surface area contributed by atoms with Gasteiger partial charge >= 0.3 is 0 Å². The molecular formula is C24H17Cl2N3O2. The van der Waals surface area contributed by atoms with Gasteiger partial charge in [-0.25, -0.2) is 4.98 Å². The lowest BCUT2D eigenvalue weighted by molar-refractivity contribution is -0.114. The van der Waals surface area contributed by atoms with Crippen LogP contribution in [0.15, 0.2) is 72.8 Å². The maximum absolute atomic E-state index is 13.1. The van der Waals surface area contributed by atoms with E-state index in [0.717, 1.165) is 10.9 Å². The number of carbonyl (C=O) groups is 2. The van der Waals surface area contributed by atoms with E-state index in [1.165, 1.54) is 6.92 Å². The van der Waals surface area contributed by atoms with E-state index in [2.05, 4.69) is 15.6 Å². The van der Waals surface area contributed by atoms with Crippen LogP contribution in [-0.4, -0.2) is 16.8 Å². The van der Waals surface area contributed by atoms with Crippen LogP contribution in [-0.2, 0) is 4.79 Å². The summed E-state index contributed by atoms with van der Waals surface area (Å²) in [5.74, 6) is -0.429. The van der Waals surface area contributed by atoms with Gasteiger partial charge in [-0.05, 0) is 48.5 Å². The fourth-order valence-electron chi connectivity index (χ4n) is 3.21. The smallest absolute Gasteiger partial charge is 0.256 e. The number of para-hydroxylation sites is 1. The molecule has 0 saturated carbocycles. The van der Waals surface area contributed by atoms with Gasteiger partial charge < -0.3 is 10.6 Å². The fraction of sp³-hybridized carbons (Fsp3) is 0.0417. The molecule has 0 aliphatic heterocycles. The van der Waals surface area contributed by atoms with Crippen LogP contribution in [0, 0.1) is 0 Å². The lowest BCUT2D eigenvalue weighted by atomic mass is 10.0. The minimum Gasteiger partial charge on any atom is -0.326 e. The average molecular weight is 450 g/mol. The summed E-state index contributed by atoms with van der Waals surface area (Å²) in [4.78, 5) is 29.0. The predicted molar refractivity (Wildman–Crippen MR) is 126 cm³/mol. The molecule has 0 unspecified atom stereocenters. The number of aromatic nitrogens is 1. The summed E-state index contributed by atoms with van der Waals surface area (Å²) in [6.45, 7) is 1.44. The minimum absolute atomic E-state index is 0.158. The van der Waals surface area contributed by atoms with Crippen LogP contribution in [0.3, 0.4) is 0 Å². The van der Waals surface area contributed by atoms with Crippen molar-refractivity contribution in [2.75, 3.05) is 10.6 Å². The van der Waals surface area contributed by atoms with Gasteiger partial charge in [0.1, 0.15) is 0 Å². The molecule has 0 aliphatic rings. The van der Waals surface area contributed by atoms with E-state index in [4.69, 9.17) is 23.2 Å². The molecule has 31 heavy (non-hydrogen) atoms. The second kappa shape index (κ2) is 8.76. The Hall–Kier alpha value is -3.41. The van der Waals surface area contributed by atoms with Crippen molar-refractivity contribution in [1.29, 1.82) is 0 Å². The molecular weight excluding hydrogens is 433 g/mol. The predicted octanol–water partition coefficient (Wildman–Crippen LogP) is 6.42. The number of fused-ring (bicyclic) bond motifs is 1. The number of carbonyl (C=O) groups excluding carboxylic acids is 2. The first kappa shape index (κ1) is 20.8. The highest BCUT2D eigenvalue weighted by Gasteiger charge is 2.15. The first-order valence-electron chi connectivity index (χ1n) is 9.45. The highest BCUT2D eigenvalue weighted by atomic mass is 35.5. The maximum atomic E-state index is 13.1. The highest BCUT2D eigenvalue weighted by Crippen LogP contribution is 2.30. The number of anilines is 2. The lowest BCUT2D eigenvalue weighted by Crippen LogP contribution is -2.13. The third-order valence-corrected chi connectivity index (χ3v) is 5.38. The summed E-state index contributed by atoms with van der Waals surface area (Å²) in [6, 6.07) is 21.3. The molecule has 0 atom stereocenters. The molecule has 154 valence electrons. The Morgan fingerprint density at radius 3 is 2.16 bits per heavy atom. The van der Waals surface area contributed by atoms with Gasteiger partial charge in [-0.15, -0.1) is 0 Å². The van der Waals surface area contributed by atoms with Crippen LogP contribution < -0.4 is 10.6 Å². The van der Waals surface area contributed by atoms with Gasteiger partial charge in [0.25, 0.3) is 5.91 Å². The summed E-state index contributed by atoms with van der Waals surface area (Å²) < 4.78 is 0. The molecule has 0 bridgehead atoms. The van der Waals surface area contributed by atoms with Crippen LogP contribution in [0.25, 0.3) is 22.2 Å². The molecule has 3 aromatic carbocycles. The van der Waals surface area contributed by atoms with Crippen molar-refractivity contribution in [2.45, 2.75) is 6.92 Å². The number of nitrogens with one attached hydrogen (secondary N) is 2. The van der Waals surface area contributed by atoms with Crippen LogP contribution in [0.5, 0.6) is 0 Å². The first-order chi connectivity index (χ1) is 14.9. The molecule has 4 aromatic rings. The Labute approximate surface area is 189 Å². The summed E-state index contributed by atoms with van der Waals surface area (Å²) in [7, 11) is 0. The van der Waals surface area contributed by atoms with Crippen molar-refractivity contribution in [2.24, 2.45) is 0 Å². The number of nitrogens with zero attached hydrogens (tertiary/aromatic N) is 1. The molecule has 2 amide bonds. The number of benzene rings is 3. The monoisotopic (exact) mass is 449 g/mol. The summed E-state index contributed by atoms with van der Waals surface area (Å²) in [6.07, 6.45) is 0. The van der Waals surface area contributed by atoms with E-state index >= 15 is 0 Å². The van der Waals surface area contributed by atoms with E-state index in [-0.39, 0.29) is 11.8 Å². The van der Waals surface area contributed by atoms with Crippen LogP contribution >= 0.6 is 23.2 Å². The summed E-state index contributed by atoms with van der Waals surface area (Å²) in [5, 5.41) is 7.20. The van der Waals surface area contributed by atoms with Gasteiger partial charge in [0.05, 0.1) is 26.8 Å². The zero-order chi connectivity index (χ0) is 22.0. The third-order valence-electron chi connectivity index (χ3n) is 4.64. The highest BCUT2D eigenvalue weighted by molar-refractivity contribution is 6.42. The van der Waals surface area contributed by atoms with E-state index in [9.17, 15) is 9.59 Å². The molecule has 4 rings (SSSR count). The van der Waals surface area contributed by atoms with Crippen LogP contribution in [0.1, 0.15) is 17.3 Å². The number of hydrogen-bond donors (Lipinski definition) is 2. The quantitative estimate of drug-likeness (QED) is 0.377. The lowest BCUT2D eigenvalue weighted by Gasteiger charge is -2.11. The molecule has 0 saturated heterocycles. The van der Waals surface area contributed by atoms with Crippen molar-refractivity contribution in [3.63, 3.8) is 0 Å². The summed E-state index contributed by atoms with van der Waals surface area (Å²) in [5.41, 5.74) is 3.81. The average Bonchev–Trinajstić information content (AvgIpc) is 2.76. The standard InChI is InChI=1S/C24H17Cl2N3O2/c1-14(30)27-16-7-9-17(10-8-16)28-24(31)19-13-23(15-6-11-20(25)21(26)12-15)29-22-5-3-2-4-18(19)22/h2-13H,1H3,(H,27,30)(H,28,31). The van der Waals surface area contributed by atoms with Gasteiger partial charge in [-0.3, -0.25) is 9.59 Å². The van der Waals surface area contributed by atoms with E-state index in [0.29, 0.717) is 38.2 Å². The largest absolute Gasteiger partial charge is 0.326 e. The zero-order valence-corrected chi connectivity index (χ0v) is 18.0. The number of pyridine rings is 1. The molecule has 0 spiro atoms. The van der Waals surface area contributed by atoms with E-state index in [1.54, 1.807) is 42.5 Å². The van der Waals surface area contributed by atoms with Gasteiger partial charge in [0.15, 0.2) is 0 Å². The second-order valence-electron chi connectivity index (χ2n) is 6.91. The topological polar surface area (TPSA) is 71.1 Å². The van der Waals surface area contributed by atoms with Gasteiger partial charge in [0, 0.05) is 29.2 Å². The van der Waals surface area contributed by atoms with Crippen molar-refractivity contribution >= 4 is 57.3 Å². The fourth-order valence-corrected chi connectivity index (χ4v) is 3.50. The Morgan fingerprint density at radius 2 is 1.48 bits per heavy atom. The number of halogens is 2. The van der Waals surface area contributed by atoms with Crippen molar-refractivity contribution < 1.29 is 9.59 Å². The van der Waals surface area contributed by atoms with Crippen molar-refractivity contribution in [3.05, 3.63) is 88.4 Å². The molecule has 0 radical (unpaired) electrons. The Morgan fingerprint density at radius 1 is 0.806 bits per heavy atom. The maximum Gasteiger partial charge on any atom is 0.256 e. The normalized spacial score (nSPS) is 10.7. The van der Waals surface area contributed by atoms with Crippen LogP contribution in [0.2, 0.25) is 10.0 Å². The molecule has 1 aromatic heterocycles. The van der Waals surface area contributed by atoms with Gasteiger partial charge in [-0.2, -0.15) is 0 Å². The molecule has 7 heteroatoms.